The second kappa shape index (κ2) is 21.1. The summed E-state index contributed by atoms with van der Waals surface area (Å²) >= 11 is 0. The first kappa shape index (κ1) is 47.2. The number of ether oxygens (including phenoxy) is 5. The van der Waals surface area contributed by atoms with Crippen molar-refractivity contribution in [1.29, 1.82) is 0 Å². The van der Waals surface area contributed by atoms with Crippen molar-refractivity contribution in [2.24, 2.45) is 29.6 Å². The molecule has 4 aliphatic rings. The summed E-state index contributed by atoms with van der Waals surface area (Å²) in [6.45, 7) is 11.4. The molecule has 3 aliphatic heterocycles. The van der Waals surface area contributed by atoms with Crippen molar-refractivity contribution in [3.63, 3.8) is 0 Å². The van der Waals surface area contributed by atoms with Crippen molar-refractivity contribution in [3.8, 4) is 0 Å². The number of aliphatic hydroxyl groups is 3. The zero-order chi connectivity index (χ0) is 42.2. The monoisotopic (exact) mass is 805 g/mol. The quantitative estimate of drug-likeness (QED) is 0.181. The summed E-state index contributed by atoms with van der Waals surface area (Å²) in [6.07, 6.45) is 4.60. The molecule has 0 aromatic rings. The lowest BCUT2D eigenvalue weighted by molar-refractivity contribution is -0.302. The molecule has 3 fully saturated rings. The molecular formula is C44H71NO12. The van der Waals surface area contributed by atoms with Gasteiger partial charge >= 0.3 is 5.97 Å². The number of amides is 1. The zero-order valence-corrected chi connectivity index (χ0v) is 35.8. The van der Waals surface area contributed by atoms with Gasteiger partial charge in [0.25, 0.3) is 11.7 Å². The summed E-state index contributed by atoms with van der Waals surface area (Å²) in [6, 6.07) is -1.13. The first-order valence-corrected chi connectivity index (χ1v) is 21.3. The van der Waals surface area contributed by atoms with Gasteiger partial charge in [-0.25, -0.2) is 4.79 Å². The molecule has 1 saturated carbocycles. The lowest BCUT2D eigenvalue weighted by Gasteiger charge is -2.47. The number of piperidine rings is 1. The van der Waals surface area contributed by atoms with Gasteiger partial charge in [0.15, 0.2) is 0 Å². The Morgan fingerprint density at radius 2 is 1.58 bits per heavy atom. The largest absolute Gasteiger partial charge is 0.456 e. The van der Waals surface area contributed by atoms with E-state index in [1.165, 1.54) is 19.1 Å². The summed E-state index contributed by atoms with van der Waals surface area (Å²) in [5.41, 5.74) is 1.67. The van der Waals surface area contributed by atoms with Crippen LogP contribution in [-0.4, -0.2) is 126 Å². The first-order chi connectivity index (χ1) is 27.0. The molecule has 0 radical (unpaired) electrons. The number of hydrogen-bond acceptors (Lipinski definition) is 12. The molecule has 57 heavy (non-hydrogen) atoms. The number of esters is 1. The highest BCUT2D eigenvalue weighted by Gasteiger charge is 2.56. The van der Waals surface area contributed by atoms with Crippen LogP contribution in [0.4, 0.5) is 0 Å². The van der Waals surface area contributed by atoms with Crippen molar-refractivity contribution in [1.82, 2.24) is 4.90 Å². The van der Waals surface area contributed by atoms with Crippen LogP contribution in [0, 0.1) is 29.6 Å². The molecule has 324 valence electrons. The van der Waals surface area contributed by atoms with Gasteiger partial charge in [0.2, 0.25) is 5.79 Å². The summed E-state index contributed by atoms with van der Waals surface area (Å²) in [7, 11) is 4.64. The topological polar surface area (TPSA) is 178 Å². The zero-order valence-electron chi connectivity index (χ0n) is 35.8. The molecular weight excluding hydrogens is 734 g/mol. The normalized spacial score (nSPS) is 41.1. The van der Waals surface area contributed by atoms with E-state index in [9.17, 15) is 34.5 Å². The van der Waals surface area contributed by atoms with Gasteiger partial charge in [-0.1, -0.05) is 51.8 Å². The van der Waals surface area contributed by atoms with Crippen LogP contribution >= 0.6 is 0 Å². The highest BCUT2D eigenvalue weighted by atomic mass is 16.7. The van der Waals surface area contributed by atoms with E-state index in [4.69, 9.17) is 23.7 Å². The molecule has 0 aromatic carbocycles. The third-order valence-electron chi connectivity index (χ3n) is 13.1. The minimum absolute atomic E-state index is 0.000416. The molecule has 3 N–H and O–H groups in total. The summed E-state index contributed by atoms with van der Waals surface area (Å²) in [5, 5.41) is 34.2. The standard InChI is InChI=1S/C44H71NO12/c1-10-13-31-19-25(2)18-26(3)20-37(54-8)40-38(55-9)22-28(5)44(52,57-40)41(49)42(50)45-17-12-11-14-32(45)43(51)56-39(29(6)34(47)24-35(31)48)27(4)21-30-15-16-33(46)36(23-30)53-7/h19,21,26,28-34,36-40,46-47,52H,10-18,20,22-24H2,1-9H3/b25-19+,27-21?. The van der Waals surface area contributed by atoms with Gasteiger partial charge in [0.1, 0.15) is 24.0 Å². The fraction of sp³-hybridized carbons (Fsp3) is 0.818. The van der Waals surface area contributed by atoms with Crippen LogP contribution in [0.1, 0.15) is 119 Å². The third-order valence-corrected chi connectivity index (χ3v) is 13.1. The molecule has 13 heteroatoms. The summed E-state index contributed by atoms with van der Waals surface area (Å²) in [4.78, 5) is 57.9. The van der Waals surface area contributed by atoms with Crippen LogP contribution in [0.2, 0.25) is 0 Å². The van der Waals surface area contributed by atoms with Gasteiger partial charge in [-0.05, 0) is 95.5 Å². The lowest BCUT2D eigenvalue weighted by Crippen LogP contribution is -2.64. The predicted molar refractivity (Wildman–Crippen MR) is 213 cm³/mol. The molecule has 3 heterocycles. The highest BCUT2D eigenvalue weighted by molar-refractivity contribution is 6.39. The number of hydrogen-bond donors (Lipinski definition) is 3. The SMILES string of the molecule is CCCC1/C=C(\C)CC(C)CC(OC)C2OC(O)(C(=O)C(=O)N3CCCCC3C(=O)OC(C(C)=CC3CCC(O)C(OC)C3)C(C)C(O)CC1=O)C(C)CC2OC. The van der Waals surface area contributed by atoms with Gasteiger partial charge in [0, 0.05) is 52.0 Å². The number of fused-ring (bicyclic) bond motifs is 3. The second-order valence-corrected chi connectivity index (χ2v) is 17.5. The predicted octanol–water partition coefficient (Wildman–Crippen LogP) is 4.86. The maximum Gasteiger partial charge on any atom is 0.329 e. The smallest absolute Gasteiger partial charge is 0.329 e. The van der Waals surface area contributed by atoms with Crippen LogP contribution < -0.4 is 0 Å². The Morgan fingerprint density at radius 1 is 0.912 bits per heavy atom. The number of cyclic esters (lactones) is 1. The van der Waals surface area contributed by atoms with Gasteiger partial charge in [-0.3, -0.25) is 14.4 Å². The minimum atomic E-state index is -2.50. The molecule has 14 atom stereocenters. The Balaban J connectivity index is 1.77. The third kappa shape index (κ3) is 11.4. The Bertz CT molecular complexity index is 1450. The Kier molecular flexibility index (Phi) is 17.5. The number of carbonyl (C=O) groups excluding carboxylic acids is 4. The van der Waals surface area contributed by atoms with Gasteiger partial charge < -0.3 is 43.9 Å². The Labute approximate surface area is 339 Å². The van der Waals surface area contributed by atoms with Crippen LogP contribution in [0.5, 0.6) is 0 Å². The summed E-state index contributed by atoms with van der Waals surface area (Å²) < 4.78 is 29.8. The molecule has 13 nitrogen and oxygen atoms in total. The molecule has 1 amide bonds. The average molecular weight is 806 g/mol. The average Bonchev–Trinajstić information content (AvgIpc) is 3.18. The number of carbonyl (C=O) groups is 4. The maximum atomic E-state index is 14.3. The molecule has 14 unspecified atom stereocenters. The highest BCUT2D eigenvalue weighted by Crippen LogP contribution is 2.39. The van der Waals surface area contributed by atoms with E-state index in [0.717, 1.165) is 12.0 Å². The lowest BCUT2D eigenvalue weighted by atomic mass is 9.81. The van der Waals surface area contributed by atoms with Gasteiger partial charge in [-0.2, -0.15) is 0 Å². The van der Waals surface area contributed by atoms with Crippen LogP contribution in [0.25, 0.3) is 0 Å². The molecule has 4 rings (SSSR count). The fourth-order valence-corrected chi connectivity index (χ4v) is 9.60. The first-order valence-electron chi connectivity index (χ1n) is 21.3. The number of ketones is 2. The van der Waals surface area contributed by atoms with Crippen LogP contribution in [-0.2, 0) is 42.9 Å². The molecule has 1 aliphatic carbocycles. The second-order valence-electron chi connectivity index (χ2n) is 17.5. The van der Waals surface area contributed by atoms with E-state index in [1.807, 2.05) is 32.9 Å². The number of nitrogens with zero attached hydrogens (tertiary/aromatic N) is 1. The number of aliphatic hydroxyl groups excluding tert-OH is 2. The molecule has 0 spiro atoms. The Hall–Kier alpha value is -2.52. The molecule has 2 saturated heterocycles. The van der Waals surface area contributed by atoms with Gasteiger partial charge in [-0.15, -0.1) is 0 Å². The van der Waals surface area contributed by atoms with Crippen LogP contribution in [0.15, 0.2) is 23.3 Å². The molecule has 2 bridgehead atoms. The van der Waals surface area contributed by atoms with E-state index >= 15 is 0 Å². The van der Waals surface area contributed by atoms with E-state index < -0.39 is 83.9 Å². The number of allylic oxidation sites excluding steroid dienone is 3. The van der Waals surface area contributed by atoms with Gasteiger partial charge in [0.05, 0.1) is 30.5 Å². The van der Waals surface area contributed by atoms with E-state index in [2.05, 4.69) is 6.92 Å². The Morgan fingerprint density at radius 3 is 2.23 bits per heavy atom. The van der Waals surface area contributed by atoms with Crippen molar-refractivity contribution >= 4 is 23.4 Å². The number of rotatable bonds is 7. The van der Waals surface area contributed by atoms with Crippen molar-refractivity contribution in [3.05, 3.63) is 23.3 Å². The van der Waals surface area contributed by atoms with Crippen molar-refractivity contribution < 1.29 is 58.2 Å². The van der Waals surface area contributed by atoms with E-state index in [-0.39, 0.29) is 49.5 Å². The summed E-state index contributed by atoms with van der Waals surface area (Å²) in [5.74, 6) is -7.46. The van der Waals surface area contributed by atoms with Crippen molar-refractivity contribution in [2.75, 3.05) is 27.9 Å². The van der Waals surface area contributed by atoms with Crippen molar-refractivity contribution in [2.45, 2.75) is 173 Å². The maximum absolute atomic E-state index is 14.3. The number of methoxy groups -OCH3 is 3. The van der Waals surface area contributed by atoms with E-state index in [0.29, 0.717) is 56.9 Å². The molecule has 0 aromatic heterocycles. The fourth-order valence-electron chi connectivity index (χ4n) is 9.60. The number of Topliss-reactive ketones (excluding diaryl/α,β-unsaturated/α-hetero) is 2. The minimum Gasteiger partial charge on any atom is -0.456 e. The van der Waals surface area contributed by atoms with E-state index in [1.54, 1.807) is 21.0 Å². The van der Waals surface area contributed by atoms with Crippen LogP contribution in [0.3, 0.4) is 0 Å².